The molecule has 0 spiro atoms. The van der Waals surface area contributed by atoms with E-state index in [1.807, 2.05) is 12.1 Å². The summed E-state index contributed by atoms with van der Waals surface area (Å²) in [4.78, 5) is 2.30. The van der Waals surface area contributed by atoms with Gasteiger partial charge in [-0.15, -0.1) is 0 Å². The number of rotatable bonds is 1. The first-order chi connectivity index (χ1) is 8.02. The Morgan fingerprint density at radius 1 is 1.41 bits per heavy atom. The molecule has 0 N–H and O–H groups in total. The molecule has 0 unspecified atom stereocenters. The molecule has 0 saturated carbocycles. The van der Waals surface area contributed by atoms with Gasteiger partial charge in [-0.3, -0.25) is 0 Å². The summed E-state index contributed by atoms with van der Waals surface area (Å²) in [5.41, 5.74) is 2.02. The van der Waals surface area contributed by atoms with E-state index in [0.29, 0.717) is 16.0 Å². The van der Waals surface area contributed by atoms with Crippen LogP contribution in [0, 0.1) is 16.7 Å². The van der Waals surface area contributed by atoms with E-state index in [0.717, 1.165) is 18.8 Å². The van der Waals surface area contributed by atoms with Crippen molar-refractivity contribution in [3.05, 3.63) is 28.8 Å². The maximum atomic E-state index is 9.17. The fraction of sp³-hybridized carbons (Fsp3) is 0.500. The van der Waals surface area contributed by atoms with E-state index < -0.39 is 0 Å². The zero-order valence-corrected chi connectivity index (χ0v) is 11.1. The van der Waals surface area contributed by atoms with Crippen molar-refractivity contribution in [2.24, 2.45) is 5.41 Å². The minimum Gasteiger partial charge on any atom is -0.370 e. The Hall–Kier alpha value is -1.20. The predicted octanol–water partition coefficient (Wildman–Crippen LogP) is 3.84. The molecule has 1 fully saturated rings. The second-order valence-corrected chi connectivity index (χ2v) is 5.90. The third-order valence-electron chi connectivity index (χ3n) is 3.32. The summed E-state index contributed by atoms with van der Waals surface area (Å²) in [6, 6.07) is 7.80. The molecule has 0 amide bonds. The highest BCUT2D eigenvalue weighted by Crippen LogP contribution is 2.33. The molecule has 1 aromatic rings. The van der Waals surface area contributed by atoms with Gasteiger partial charge in [-0.2, -0.15) is 5.26 Å². The van der Waals surface area contributed by atoms with Crippen LogP contribution in [-0.4, -0.2) is 13.1 Å². The maximum Gasteiger partial charge on any atom is 0.101 e. The quantitative estimate of drug-likeness (QED) is 0.755. The number of hydrogen-bond acceptors (Lipinski definition) is 2. The van der Waals surface area contributed by atoms with Crippen LogP contribution in [0.15, 0.2) is 18.2 Å². The molecule has 0 radical (unpaired) electrons. The minimum absolute atomic E-state index is 0.324. The van der Waals surface area contributed by atoms with Crippen molar-refractivity contribution in [3.63, 3.8) is 0 Å². The van der Waals surface area contributed by atoms with Crippen molar-refractivity contribution < 1.29 is 0 Å². The monoisotopic (exact) mass is 248 g/mol. The van der Waals surface area contributed by atoms with Crippen LogP contribution in [0.5, 0.6) is 0 Å². The lowest BCUT2D eigenvalue weighted by molar-refractivity contribution is 0.293. The average molecular weight is 249 g/mol. The number of piperidine rings is 1. The summed E-state index contributed by atoms with van der Waals surface area (Å²) in [6.07, 6.45) is 2.43. The highest BCUT2D eigenvalue weighted by atomic mass is 35.5. The molecule has 17 heavy (non-hydrogen) atoms. The Morgan fingerprint density at radius 3 is 2.82 bits per heavy atom. The van der Waals surface area contributed by atoms with Crippen LogP contribution in [0.25, 0.3) is 0 Å². The van der Waals surface area contributed by atoms with Gasteiger partial charge in [0.15, 0.2) is 0 Å². The topological polar surface area (TPSA) is 27.0 Å². The van der Waals surface area contributed by atoms with Gasteiger partial charge in [-0.1, -0.05) is 25.4 Å². The summed E-state index contributed by atoms with van der Waals surface area (Å²) in [7, 11) is 0. The molecule has 1 aliphatic rings. The Labute approximate surface area is 108 Å². The lowest BCUT2D eigenvalue weighted by atomic mass is 9.84. The third-order valence-corrected chi connectivity index (χ3v) is 3.56. The maximum absolute atomic E-state index is 9.17. The molecule has 3 heteroatoms. The van der Waals surface area contributed by atoms with Crippen LogP contribution in [-0.2, 0) is 0 Å². The summed E-state index contributed by atoms with van der Waals surface area (Å²) in [5.74, 6) is 0. The molecule has 0 bridgehead atoms. The van der Waals surface area contributed by atoms with E-state index in [4.69, 9.17) is 16.9 Å². The van der Waals surface area contributed by atoms with Crippen molar-refractivity contribution in [3.8, 4) is 6.07 Å². The molecule has 0 atom stereocenters. The highest BCUT2D eigenvalue weighted by molar-refractivity contribution is 6.30. The summed E-state index contributed by atoms with van der Waals surface area (Å²) in [6.45, 7) is 6.59. The molecule has 0 aliphatic carbocycles. The summed E-state index contributed by atoms with van der Waals surface area (Å²) in [5, 5.41) is 9.79. The molecule has 90 valence electrons. The van der Waals surface area contributed by atoms with Crippen molar-refractivity contribution in [2.75, 3.05) is 18.0 Å². The van der Waals surface area contributed by atoms with Crippen LogP contribution < -0.4 is 4.90 Å². The van der Waals surface area contributed by atoms with Gasteiger partial charge in [0.05, 0.1) is 11.3 Å². The van der Waals surface area contributed by atoms with E-state index in [-0.39, 0.29) is 0 Å². The van der Waals surface area contributed by atoms with Gasteiger partial charge >= 0.3 is 0 Å². The smallest absolute Gasteiger partial charge is 0.101 e. The first-order valence-corrected chi connectivity index (χ1v) is 6.34. The van der Waals surface area contributed by atoms with Gasteiger partial charge in [0, 0.05) is 18.1 Å². The largest absolute Gasteiger partial charge is 0.370 e. The first-order valence-electron chi connectivity index (χ1n) is 5.96. The molecule has 1 heterocycles. The number of anilines is 1. The zero-order valence-electron chi connectivity index (χ0n) is 10.3. The number of hydrogen-bond donors (Lipinski definition) is 0. The minimum atomic E-state index is 0.324. The van der Waals surface area contributed by atoms with E-state index >= 15 is 0 Å². The number of halogens is 1. The van der Waals surface area contributed by atoms with Crippen LogP contribution in [0.1, 0.15) is 32.3 Å². The lowest BCUT2D eigenvalue weighted by Gasteiger charge is -2.39. The van der Waals surface area contributed by atoms with Gasteiger partial charge in [-0.25, -0.2) is 0 Å². The van der Waals surface area contributed by atoms with Crippen molar-refractivity contribution in [2.45, 2.75) is 26.7 Å². The lowest BCUT2D eigenvalue weighted by Crippen LogP contribution is -2.40. The van der Waals surface area contributed by atoms with E-state index in [1.165, 1.54) is 12.8 Å². The summed E-state index contributed by atoms with van der Waals surface area (Å²) < 4.78 is 0. The molecule has 0 aromatic heterocycles. The molecule has 1 aliphatic heterocycles. The van der Waals surface area contributed by atoms with Crippen LogP contribution >= 0.6 is 11.6 Å². The Balaban J connectivity index is 2.31. The Bertz CT molecular complexity index is 460. The Morgan fingerprint density at radius 2 is 2.18 bits per heavy atom. The normalized spacial score (nSPS) is 18.8. The molecule has 1 aromatic carbocycles. The third kappa shape index (κ3) is 2.73. The average Bonchev–Trinajstić information content (AvgIpc) is 2.27. The standard InChI is InChI=1S/C14H17ClN2/c1-14(2)6-3-7-17(10-14)13-5-4-12(15)8-11(13)9-16/h4-5,8H,3,6-7,10H2,1-2H3. The highest BCUT2D eigenvalue weighted by Gasteiger charge is 2.27. The predicted molar refractivity (Wildman–Crippen MR) is 71.4 cm³/mol. The van der Waals surface area contributed by atoms with E-state index in [9.17, 15) is 0 Å². The van der Waals surface area contributed by atoms with Gasteiger partial charge in [-0.05, 0) is 36.5 Å². The van der Waals surface area contributed by atoms with Crippen molar-refractivity contribution in [1.82, 2.24) is 0 Å². The van der Waals surface area contributed by atoms with E-state index in [1.54, 1.807) is 6.07 Å². The number of benzene rings is 1. The molecule has 1 saturated heterocycles. The second kappa shape index (κ2) is 4.58. The van der Waals surface area contributed by atoms with Crippen molar-refractivity contribution in [1.29, 1.82) is 5.26 Å². The number of nitrogens with zero attached hydrogens (tertiary/aromatic N) is 2. The zero-order chi connectivity index (χ0) is 12.5. The fourth-order valence-corrected chi connectivity index (χ4v) is 2.67. The molecular formula is C14H17ClN2. The number of nitriles is 1. The van der Waals surface area contributed by atoms with Gasteiger partial charge in [0.25, 0.3) is 0 Å². The van der Waals surface area contributed by atoms with Gasteiger partial charge in [0.2, 0.25) is 0 Å². The van der Waals surface area contributed by atoms with Crippen molar-refractivity contribution >= 4 is 17.3 Å². The van der Waals surface area contributed by atoms with Crippen LogP contribution in [0.3, 0.4) is 0 Å². The van der Waals surface area contributed by atoms with Gasteiger partial charge in [0.1, 0.15) is 6.07 Å². The van der Waals surface area contributed by atoms with E-state index in [2.05, 4.69) is 24.8 Å². The van der Waals surface area contributed by atoms with Crippen LogP contribution in [0.2, 0.25) is 5.02 Å². The Kier molecular flexibility index (Phi) is 3.31. The van der Waals surface area contributed by atoms with Gasteiger partial charge < -0.3 is 4.90 Å². The summed E-state index contributed by atoms with van der Waals surface area (Å²) >= 11 is 5.92. The molecule has 2 nitrogen and oxygen atoms in total. The fourth-order valence-electron chi connectivity index (χ4n) is 2.50. The van der Waals surface area contributed by atoms with Crippen LogP contribution in [0.4, 0.5) is 5.69 Å². The molecular weight excluding hydrogens is 232 g/mol. The molecule has 2 rings (SSSR count). The second-order valence-electron chi connectivity index (χ2n) is 5.46. The SMILES string of the molecule is CC1(C)CCCN(c2ccc(Cl)cc2C#N)C1. The first kappa shape index (κ1) is 12.3.